The number of carbonyl (C=O) groups excluding carboxylic acids is 2. The summed E-state index contributed by atoms with van der Waals surface area (Å²) in [4.78, 5) is 25.7. The Labute approximate surface area is 163 Å². The van der Waals surface area contributed by atoms with Crippen molar-refractivity contribution >= 4 is 17.6 Å². The summed E-state index contributed by atoms with van der Waals surface area (Å²) in [6, 6.07) is 16.2. The molecule has 0 unspecified atom stereocenters. The van der Waals surface area contributed by atoms with Gasteiger partial charge in [-0.1, -0.05) is 48.0 Å². The Morgan fingerprint density at radius 2 is 1.75 bits per heavy atom. The second-order valence-corrected chi connectivity index (χ2v) is 7.17. The molecule has 4 rings (SSSR count). The van der Waals surface area contributed by atoms with Crippen LogP contribution in [0, 0.1) is 13.8 Å². The molecule has 0 saturated carbocycles. The predicted octanol–water partition coefficient (Wildman–Crippen LogP) is 2.92. The first-order valence-corrected chi connectivity index (χ1v) is 9.22. The molecule has 0 aliphatic carbocycles. The van der Waals surface area contributed by atoms with Gasteiger partial charge < -0.3 is 10.6 Å². The second kappa shape index (κ2) is 6.96. The van der Waals surface area contributed by atoms with Crippen molar-refractivity contribution in [2.24, 2.45) is 7.05 Å². The van der Waals surface area contributed by atoms with Gasteiger partial charge in [0, 0.05) is 24.1 Å². The summed E-state index contributed by atoms with van der Waals surface area (Å²) in [7, 11) is 1.81. The summed E-state index contributed by atoms with van der Waals surface area (Å²) in [5.74, 6) is -0.155. The number of aromatic nitrogens is 2. The van der Waals surface area contributed by atoms with E-state index in [1.165, 1.54) is 0 Å². The summed E-state index contributed by atoms with van der Waals surface area (Å²) in [5.41, 5.74) is 4.39. The van der Waals surface area contributed by atoms with E-state index in [4.69, 9.17) is 0 Å². The lowest BCUT2D eigenvalue weighted by molar-refractivity contribution is -0.118. The number of anilines is 1. The standard InChI is InChI=1S/C22H22N4O2/c1-13-9-11-15(12-10-13)18-17-14(2)25-26(3)20(17)24-22(28)19(18)23-21(27)16-7-5-4-6-8-16/h4-12,18-19H,1-3H3,(H,23,27)(H,24,28)/t18-,19+/m1/s1. The molecule has 2 N–H and O–H groups in total. The van der Waals surface area contributed by atoms with Crippen LogP contribution in [-0.4, -0.2) is 27.6 Å². The molecule has 1 aliphatic heterocycles. The van der Waals surface area contributed by atoms with Crippen LogP contribution in [0.25, 0.3) is 0 Å². The number of benzene rings is 2. The van der Waals surface area contributed by atoms with E-state index in [9.17, 15) is 9.59 Å². The lowest BCUT2D eigenvalue weighted by Crippen LogP contribution is -2.50. The number of rotatable bonds is 3. The van der Waals surface area contributed by atoms with Crippen molar-refractivity contribution in [2.45, 2.75) is 25.8 Å². The van der Waals surface area contributed by atoms with E-state index < -0.39 is 6.04 Å². The smallest absolute Gasteiger partial charge is 0.251 e. The van der Waals surface area contributed by atoms with Crippen molar-refractivity contribution in [1.82, 2.24) is 15.1 Å². The molecule has 0 spiro atoms. The maximum Gasteiger partial charge on any atom is 0.251 e. The number of amides is 2. The fourth-order valence-corrected chi connectivity index (χ4v) is 3.80. The predicted molar refractivity (Wildman–Crippen MR) is 107 cm³/mol. The third kappa shape index (κ3) is 3.07. The SMILES string of the molecule is Cc1ccc([C@@H]2c3c(C)nn(C)c3NC(=O)[C@H]2NC(=O)c2ccccc2)cc1. The molecule has 0 fully saturated rings. The molecule has 0 saturated heterocycles. The summed E-state index contributed by atoms with van der Waals surface area (Å²) >= 11 is 0. The topological polar surface area (TPSA) is 76.0 Å². The first-order valence-electron chi connectivity index (χ1n) is 9.22. The van der Waals surface area contributed by atoms with Crippen LogP contribution < -0.4 is 10.6 Å². The lowest BCUT2D eigenvalue weighted by Gasteiger charge is -2.32. The van der Waals surface area contributed by atoms with E-state index in [2.05, 4.69) is 15.7 Å². The van der Waals surface area contributed by atoms with Gasteiger partial charge in [-0.3, -0.25) is 14.3 Å². The van der Waals surface area contributed by atoms with Gasteiger partial charge in [-0.2, -0.15) is 5.10 Å². The van der Waals surface area contributed by atoms with E-state index in [-0.39, 0.29) is 17.7 Å². The van der Waals surface area contributed by atoms with Gasteiger partial charge in [0.2, 0.25) is 5.91 Å². The van der Waals surface area contributed by atoms with Crippen molar-refractivity contribution in [2.75, 3.05) is 5.32 Å². The van der Waals surface area contributed by atoms with Crippen LogP contribution in [0.1, 0.15) is 38.7 Å². The number of nitrogens with zero attached hydrogens (tertiary/aromatic N) is 2. The fraction of sp³-hybridized carbons (Fsp3) is 0.227. The number of aryl methyl sites for hydroxylation is 3. The Balaban J connectivity index is 1.79. The number of carbonyl (C=O) groups is 2. The molecule has 6 heteroatoms. The zero-order chi connectivity index (χ0) is 19.8. The van der Waals surface area contributed by atoms with Crippen LogP contribution >= 0.6 is 0 Å². The van der Waals surface area contributed by atoms with E-state index in [0.29, 0.717) is 11.4 Å². The molecule has 2 aromatic carbocycles. The van der Waals surface area contributed by atoms with Crippen LogP contribution in [0.15, 0.2) is 54.6 Å². The van der Waals surface area contributed by atoms with E-state index in [1.807, 2.05) is 44.2 Å². The summed E-state index contributed by atoms with van der Waals surface area (Å²) in [6.45, 7) is 3.94. The third-order valence-corrected chi connectivity index (χ3v) is 5.20. The summed E-state index contributed by atoms with van der Waals surface area (Å²) in [6.07, 6.45) is 0. The maximum absolute atomic E-state index is 13.0. The minimum Gasteiger partial charge on any atom is -0.339 e. The minimum atomic E-state index is -0.731. The average molecular weight is 374 g/mol. The number of hydrogen-bond donors (Lipinski definition) is 2. The van der Waals surface area contributed by atoms with Crippen LogP contribution in [0.5, 0.6) is 0 Å². The number of nitrogens with one attached hydrogen (secondary N) is 2. The second-order valence-electron chi connectivity index (χ2n) is 7.17. The van der Waals surface area contributed by atoms with Gasteiger partial charge in [-0.25, -0.2) is 0 Å². The first kappa shape index (κ1) is 18.0. The van der Waals surface area contributed by atoms with Gasteiger partial charge in [0.25, 0.3) is 5.91 Å². The Kier molecular flexibility index (Phi) is 4.47. The monoisotopic (exact) mass is 374 g/mol. The quantitative estimate of drug-likeness (QED) is 0.740. The molecule has 2 heterocycles. The van der Waals surface area contributed by atoms with Gasteiger partial charge >= 0.3 is 0 Å². The van der Waals surface area contributed by atoms with Crippen molar-refractivity contribution < 1.29 is 9.59 Å². The van der Waals surface area contributed by atoms with Crippen molar-refractivity contribution in [3.05, 3.63) is 82.5 Å². The highest BCUT2D eigenvalue weighted by Crippen LogP contribution is 2.39. The Bertz CT molecular complexity index is 1040. The molecule has 1 aliphatic rings. The third-order valence-electron chi connectivity index (χ3n) is 5.20. The molecular formula is C22H22N4O2. The molecule has 0 radical (unpaired) electrons. The van der Waals surface area contributed by atoms with E-state index in [0.717, 1.165) is 22.4 Å². The number of fused-ring (bicyclic) bond motifs is 1. The highest BCUT2D eigenvalue weighted by Gasteiger charge is 2.41. The van der Waals surface area contributed by atoms with E-state index >= 15 is 0 Å². The van der Waals surface area contributed by atoms with Crippen LogP contribution in [0.4, 0.5) is 5.82 Å². The summed E-state index contributed by atoms with van der Waals surface area (Å²) < 4.78 is 1.68. The van der Waals surface area contributed by atoms with Gasteiger partial charge in [-0.05, 0) is 31.5 Å². The van der Waals surface area contributed by atoms with Crippen LogP contribution in [0.3, 0.4) is 0 Å². The van der Waals surface area contributed by atoms with Gasteiger partial charge in [0.1, 0.15) is 11.9 Å². The van der Waals surface area contributed by atoms with Crippen LogP contribution in [-0.2, 0) is 11.8 Å². The highest BCUT2D eigenvalue weighted by molar-refractivity contribution is 6.03. The van der Waals surface area contributed by atoms with Gasteiger partial charge in [-0.15, -0.1) is 0 Å². The zero-order valence-electron chi connectivity index (χ0n) is 16.1. The largest absolute Gasteiger partial charge is 0.339 e. The Hall–Kier alpha value is -3.41. The Morgan fingerprint density at radius 3 is 2.43 bits per heavy atom. The molecule has 0 bridgehead atoms. The molecule has 6 nitrogen and oxygen atoms in total. The van der Waals surface area contributed by atoms with Gasteiger partial charge in [0.15, 0.2) is 0 Å². The minimum absolute atomic E-state index is 0.245. The normalized spacial score (nSPS) is 18.3. The number of hydrogen-bond acceptors (Lipinski definition) is 3. The fourth-order valence-electron chi connectivity index (χ4n) is 3.80. The maximum atomic E-state index is 13.0. The first-order chi connectivity index (χ1) is 13.5. The van der Waals surface area contributed by atoms with E-state index in [1.54, 1.807) is 36.0 Å². The molecular weight excluding hydrogens is 352 g/mol. The molecule has 28 heavy (non-hydrogen) atoms. The van der Waals surface area contributed by atoms with Crippen molar-refractivity contribution in [1.29, 1.82) is 0 Å². The average Bonchev–Trinajstić information content (AvgIpc) is 2.97. The highest BCUT2D eigenvalue weighted by atomic mass is 16.2. The van der Waals surface area contributed by atoms with Crippen LogP contribution in [0.2, 0.25) is 0 Å². The molecule has 2 atom stereocenters. The van der Waals surface area contributed by atoms with Crippen molar-refractivity contribution in [3.63, 3.8) is 0 Å². The lowest BCUT2D eigenvalue weighted by atomic mass is 9.81. The van der Waals surface area contributed by atoms with Gasteiger partial charge in [0.05, 0.1) is 5.69 Å². The molecule has 1 aromatic heterocycles. The molecule has 142 valence electrons. The molecule has 2 amide bonds. The van der Waals surface area contributed by atoms with Crippen molar-refractivity contribution in [3.8, 4) is 0 Å². The molecule has 3 aromatic rings. The Morgan fingerprint density at radius 1 is 1.07 bits per heavy atom. The zero-order valence-corrected chi connectivity index (χ0v) is 16.1. The summed E-state index contributed by atoms with van der Waals surface area (Å²) in [5, 5.41) is 10.3.